The van der Waals surface area contributed by atoms with Gasteiger partial charge in [-0.25, -0.2) is 0 Å². The van der Waals surface area contributed by atoms with Gasteiger partial charge in [-0.15, -0.1) is 0 Å². The third kappa shape index (κ3) is 4.51. The Morgan fingerprint density at radius 1 is 1.16 bits per heavy atom. The number of benzene rings is 2. The first-order valence-corrected chi connectivity index (χ1v) is 8.52. The number of nitrogens with one attached hydrogen (secondary N) is 1. The fraction of sp³-hybridized carbons (Fsp3) is 0.350. The summed E-state index contributed by atoms with van der Waals surface area (Å²) < 4.78 is 10.6. The lowest BCUT2D eigenvalue weighted by atomic mass is 10.1. The fourth-order valence-corrected chi connectivity index (χ4v) is 3.02. The van der Waals surface area contributed by atoms with Gasteiger partial charge in [-0.2, -0.15) is 0 Å². The highest BCUT2D eigenvalue weighted by Crippen LogP contribution is 2.21. The Balaban J connectivity index is 1.58. The highest BCUT2D eigenvalue weighted by atomic mass is 16.5. The topological polar surface area (TPSA) is 50.8 Å². The number of methoxy groups -OCH3 is 1. The molecule has 1 aliphatic heterocycles. The first-order chi connectivity index (χ1) is 12.2. The van der Waals surface area contributed by atoms with Gasteiger partial charge in [0, 0.05) is 24.5 Å². The maximum Gasteiger partial charge on any atom is 0.228 e. The fourth-order valence-electron chi connectivity index (χ4n) is 3.02. The first kappa shape index (κ1) is 17.3. The minimum absolute atomic E-state index is 0.0244. The summed E-state index contributed by atoms with van der Waals surface area (Å²) in [4.78, 5) is 14.6. The summed E-state index contributed by atoms with van der Waals surface area (Å²) in [7, 11) is 1.65. The van der Waals surface area contributed by atoms with E-state index in [1.54, 1.807) is 7.11 Å². The largest absolute Gasteiger partial charge is 0.496 e. The molecular formula is C20H24N2O3. The van der Waals surface area contributed by atoms with Crippen LogP contribution in [0.25, 0.3) is 0 Å². The third-order valence-corrected chi connectivity index (χ3v) is 4.35. The summed E-state index contributed by atoms with van der Waals surface area (Å²) in [5.41, 5.74) is 3.97. The van der Waals surface area contributed by atoms with Crippen molar-refractivity contribution < 1.29 is 14.3 Å². The van der Waals surface area contributed by atoms with E-state index in [9.17, 15) is 4.79 Å². The number of ether oxygens (including phenoxy) is 2. The smallest absolute Gasteiger partial charge is 0.228 e. The average molecular weight is 340 g/mol. The van der Waals surface area contributed by atoms with Crippen LogP contribution < -0.4 is 15.0 Å². The zero-order valence-corrected chi connectivity index (χ0v) is 14.7. The van der Waals surface area contributed by atoms with Gasteiger partial charge in [-0.1, -0.05) is 12.1 Å². The molecule has 25 heavy (non-hydrogen) atoms. The Morgan fingerprint density at radius 3 is 2.52 bits per heavy atom. The highest BCUT2D eigenvalue weighted by Gasteiger charge is 2.11. The summed E-state index contributed by atoms with van der Waals surface area (Å²) in [5.74, 6) is 0.812. The Labute approximate surface area is 148 Å². The average Bonchev–Trinajstić information content (AvgIpc) is 2.63. The molecule has 1 N–H and O–H groups in total. The molecule has 2 aromatic rings. The van der Waals surface area contributed by atoms with E-state index in [4.69, 9.17) is 9.47 Å². The number of rotatable bonds is 5. The van der Waals surface area contributed by atoms with Crippen molar-refractivity contribution in [1.29, 1.82) is 0 Å². The molecule has 0 unspecified atom stereocenters. The molecule has 0 spiro atoms. The maximum atomic E-state index is 12.3. The number of carbonyl (C=O) groups is 1. The number of amides is 1. The van der Waals surface area contributed by atoms with Gasteiger partial charge in [0.05, 0.1) is 26.7 Å². The van der Waals surface area contributed by atoms with Crippen molar-refractivity contribution in [3.05, 3.63) is 53.6 Å². The van der Waals surface area contributed by atoms with Gasteiger partial charge in [0.15, 0.2) is 0 Å². The van der Waals surface area contributed by atoms with E-state index >= 15 is 0 Å². The van der Waals surface area contributed by atoms with Crippen molar-refractivity contribution in [3.8, 4) is 5.75 Å². The Kier molecular flexibility index (Phi) is 5.56. The SMILES string of the molecule is COc1ccc(CC(=O)Nc2ccc(N3CCOCC3)cc2)cc1C. The lowest BCUT2D eigenvalue weighted by Crippen LogP contribution is -2.36. The van der Waals surface area contributed by atoms with Gasteiger partial charge in [-0.05, 0) is 48.4 Å². The van der Waals surface area contributed by atoms with Crippen molar-refractivity contribution in [1.82, 2.24) is 0 Å². The standard InChI is InChI=1S/C20H24N2O3/c1-15-13-16(3-8-19(15)24-2)14-20(23)21-17-4-6-18(7-5-17)22-9-11-25-12-10-22/h3-8,13H,9-12,14H2,1-2H3,(H,21,23). The van der Waals surface area contributed by atoms with Gasteiger partial charge in [0.2, 0.25) is 5.91 Å². The van der Waals surface area contributed by atoms with Gasteiger partial charge < -0.3 is 19.7 Å². The Morgan fingerprint density at radius 2 is 1.88 bits per heavy atom. The second-order valence-corrected chi connectivity index (χ2v) is 6.18. The summed E-state index contributed by atoms with van der Waals surface area (Å²) in [5, 5.41) is 2.96. The van der Waals surface area contributed by atoms with E-state index in [1.165, 1.54) is 0 Å². The van der Waals surface area contributed by atoms with Crippen molar-refractivity contribution in [2.75, 3.05) is 43.6 Å². The maximum absolute atomic E-state index is 12.3. The zero-order chi connectivity index (χ0) is 17.6. The van der Waals surface area contributed by atoms with Crippen molar-refractivity contribution in [2.24, 2.45) is 0 Å². The molecule has 3 rings (SSSR count). The van der Waals surface area contributed by atoms with Gasteiger partial charge in [0.1, 0.15) is 5.75 Å². The molecule has 1 fully saturated rings. The van der Waals surface area contributed by atoms with Crippen LogP contribution in [0.4, 0.5) is 11.4 Å². The van der Waals surface area contributed by atoms with Crippen molar-refractivity contribution >= 4 is 17.3 Å². The summed E-state index contributed by atoms with van der Waals surface area (Å²) in [6.07, 6.45) is 0.343. The molecular weight excluding hydrogens is 316 g/mol. The van der Waals surface area contributed by atoms with E-state index in [2.05, 4.69) is 10.2 Å². The van der Waals surface area contributed by atoms with Crippen LogP contribution in [0, 0.1) is 6.92 Å². The number of morpholine rings is 1. The number of carbonyl (C=O) groups excluding carboxylic acids is 1. The lowest BCUT2D eigenvalue weighted by molar-refractivity contribution is -0.115. The molecule has 132 valence electrons. The van der Waals surface area contributed by atoms with Gasteiger partial charge in [-0.3, -0.25) is 4.79 Å². The van der Waals surface area contributed by atoms with E-state index in [-0.39, 0.29) is 5.91 Å². The number of anilines is 2. The van der Waals surface area contributed by atoms with E-state index in [1.807, 2.05) is 49.4 Å². The summed E-state index contributed by atoms with van der Waals surface area (Å²) in [6.45, 7) is 5.31. The van der Waals surface area contributed by atoms with Crippen LogP contribution in [-0.4, -0.2) is 39.3 Å². The summed E-state index contributed by atoms with van der Waals surface area (Å²) in [6, 6.07) is 13.8. The number of hydrogen-bond donors (Lipinski definition) is 1. The van der Waals surface area contributed by atoms with Crippen LogP contribution in [0.2, 0.25) is 0 Å². The second-order valence-electron chi connectivity index (χ2n) is 6.18. The van der Waals surface area contributed by atoms with Crippen LogP contribution in [0.3, 0.4) is 0 Å². The summed E-state index contributed by atoms with van der Waals surface area (Å²) >= 11 is 0. The molecule has 0 radical (unpaired) electrons. The van der Waals surface area contributed by atoms with E-state index in [0.717, 1.165) is 54.6 Å². The predicted molar refractivity (Wildman–Crippen MR) is 99.5 cm³/mol. The van der Waals surface area contributed by atoms with Crippen LogP contribution in [0.15, 0.2) is 42.5 Å². The van der Waals surface area contributed by atoms with Crippen molar-refractivity contribution in [3.63, 3.8) is 0 Å². The zero-order valence-electron chi connectivity index (χ0n) is 14.7. The minimum Gasteiger partial charge on any atom is -0.496 e. The first-order valence-electron chi connectivity index (χ1n) is 8.52. The molecule has 0 saturated carbocycles. The number of hydrogen-bond acceptors (Lipinski definition) is 4. The molecule has 1 aliphatic rings. The van der Waals surface area contributed by atoms with Crippen LogP contribution in [0.1, 0.15) is 11.1 Å². The van der Waals surface area contributed by atoms with E-state index < -0.39 is 0 Å². The van der Waals surface area contributed by atoms with Gasteiger partial charge in [0.25, 0.3) is 0 Å². The molecule has 0 bridgehead atoms. The van der Waals surface area contributed by atoms with Crippen LogP contribution in [0.5, 0.6) is 5.75 Å². The predicted octanol–water partition coefficient (Wildman–Crippen LogP) is 3.02. The quantitative estimate of drug-likeness (QED) is 0.909. The molecule has 5 heteroatoms. The molecule has 1 amide bonds. The number of nitrogens with zero attached hydrogens (tertiary/aromatic N) is 1. The van der Waals surface area contributed by atoms with Gasteiger partial charge >= 0.3 is 0 Å². The normalized spacial score (nSPS) is 14.2. The number of aryl methyl sites for hydroxylation is 1. The highest BCUT2D eigenvalue weighted by molar-refractivity contribution is 5.92. The minimum atomic E-state index is -0.0244. The molecule has 0 atom stereocenters. The third-order valence-electron chi connectivity index (χ3n) is 4.35. The molecule has 5 nitrogen and oxygen atoms in total. The lowest BCUT2D eigenvalue weighted by Gasteiger charge is -2.28. The Bertz CT molecular complexity index is 722. The second kappa shape index (κ2) is 8.03. The molecule has 1 saturated heterocycles. The molecule has 1 heterocycles. The van der Waals surface area contributed by atoms with Crippen molar-refractivity contribution in [2.45, 2.75) is 13.3 Å². The molecule has 0 aliphatic carbocycles. The van der Waals surface area contributed by atoms with Crippen LogP contribution >= 0.6 is 0 Å². The monoisotopic (exact) mass is 340 g/mol. The molecule has 0 aromatic heterocycles. The van der Waals surface area contributed by atoms with E-state index in [0.29, 0.717) is 6.42 Å². The molecule has 2 aromatic carbocycles. The van der Waals surface area contributed by atoms with Crippen LogP contribution in [-0.2, 0) is 16.0 Å². The Hall–Kier alpha value is -2.53.